The third-order valence-electron chi connectivity index (χ3n) is 4.60. The quantitative estimate of drug-likeness (QED) is 0.769. The van der Waals surface area contributed by atoms with Crippen molar-refractivity contribution >= 4 is 51.7 Å². The molecule has 28 heavy (non-hydrogen) atoms. The van der Waals surface area contributed by atoms with E-state index in [1.165, 1.54) is 17.3 Å². The van der Waals surface area contributed by atoms with E-state index in [9.17, 15) is 9.59 Å². The Bertz CT molecular complexity index is 945. The molecule has 5 nitrogen and oxygen atoms in total. The van der Waals surface area contributed by atoms with Crippen LogP contribution in [0.5, 0.6) is 0 Å². The Morgan fingerprint density at radius 3 is 2.68 bits per heavy atom. The third kappa shape index (κ3) is 4.56. The number of hydrogen-bond acceptors (Lipinski definition) is 4. The van der Waals surface area contributed by atoms with Gasteiger partial charge in [0.05, 0.1) is 16.4 Å². The van der Waals surface area contributed by atoms with Gasteiger partial charge in [0.1, 0.15) is 5.25 Å². The Hall–Kier alpha value is -2.31. The molecule has 146 valence electrons. The summed E-state index contributed by atoms with van der Waals surface area (Å²) in [5.41, 5.74) is 3.61. The Kier molecular flexibility index (Phi) is 6.42. The summed E-state index contributed by atoms with van der Waals surface area (Å²) < 4.78 is 0. The molecule has 1 aliphatic heterocycles. The molecule has 0 spiro atoms. The Labute approximate surface area is 174 Å². The maximum atomic E-state index is 12.7. The van der Waals surface area contributed by atoms with Crippen LogP contribution in [0, 0.1) is 13.8 Å². The van der Waals surface area contributed by atoms with E-state index in [2.05, 4.69) is 10.3 Å². The number of anilines is 1. The molecule has 7 heteroatoms. The van der Waals surface area contributed by atoms with Crippen molar-refractivity contribution in [2.75, 3.05) is 11.9 Å². The number of thioether (sulfide) groups is 1. The van der Waals surface area contributed by atoms with Gasteiger partial charge in [-0.1, -0.05) is 41.6 Å². The van der Waals surface area contributed by atoms with E-state index in [-0.39, 0.29) is 18.2 Å². The van der Waals surface area contributed by atoms with Gasteiger partial charge in [-0.05, 0) is 56.2 Å². The van der Waals surface area contributed by atoms with E-state index >= 15 is 0 Å². The lowest BCUT2D eigenvalue weighted by Gasteiger charge is -2.31. The van der Waals surface area contributed by atoms with Crippen LogP contribution >= 0.6 is 23.4 Å². The van der Waals surface area contributed by atoms with Crippen molar-refractivity contribution in [3.8, 4) is 0 Å². The van der Waals surface area contributed by atoms with E-state index in [0.717, 1.165) is 11.3 Å². The number of amidine groups is 1. The molecule has 3 rings (SSSR count). The highest BCUT2D eigenvalue weighted by atomic mass is 35.5. The molecule has 1 heterocycles. The molecule has 1 N–H and O–H groups in total. The SMILES string of the molecule is CCN1C(=O)CC(C(=O)Nc2ccccc2Cl)SC1=Nc1ccc(C)c(C)c1. The third-order valence-corrected chi connectivity index (χ3v) is 6.11. The van der Waals surface area contributed by atoms with Crippen molar-refractivity contribution in [2.45, 2.75) is 32.4 Å². The monoisotopic (exact) mass is 415 g/mol. The number of benzene rings is 2. The number of rotatable bonds is 4. The molecule has 0 bridgehead atoms. The molecular formula is C21H22ClN3O2S. The van der Waals surface area contributed by atoms with Crippen LogP contribution in [0.3, 0.4) is 0 Å². The van der Waals surface area contributed by atoms with Gasteiger partial charge in [0.25, 0.3) is 0 Å². The first-order valence-electron chi connectivity index (χ1n) is 9.07. The van der Waals surface area contributed by atoms with Crippen LogP contribution in [0.4, 0.5) is 11.4 Å². The maximum absolute atomic E-state index is 12.7. The van der Waals surface area contributed by atoms with Gasteiger partial charge >= 0.3 is 0 Å². The number of nitrogens with one attached hydrogen (secondary N) is 1. The summed E-state index contributed by atoms with van der Waals surface area (Å²) in [7, 11) is 0. The fraction of sp³-hybridized carbons (Fsp3) is 0.286. The van der Waals surface area contributed by atoms with Crippen LogP contribution in [0.1, 0.15) is 24.5 Å². The minimum absolute atomic E-state index is 0.108. The summed E-state index contributed by atoms with van der Waals surface area (Å²) >= 11 is 7.43. The zero-order valence-electron chi connectivity index (χ0n) is 16.0. The minimum atomic E-state index is -0.558. The smallest absolute Gasteiger partial charge is 0.238 e. The van der Waals surface area contributed by atoms with Crippen LogP contribution in [0.2, 0.25) is 5.02 Å². The first-order valence-corrected chi connectivity index (χ1v) is 10.3. The number of carbonyl (C=O) groups is 2. The van der Waals surface area contributed by atoms with Gasteiger partial charge in [-0.3, -0.25) is 14.5 Å². The highest BCUT2D eigenvalue weighted by Crippen LogP contribution is 2.31. The minimum Gasteiger partial charge on any atom is -0.324 e. The number of aryl methyl sites for hydroxylation is 2. The van der Waals surface area contributed by atoms with Crippen LogP contribution in [-0.4, -0.2) is 33.7 Å². The molecular weight excluding hydrogens is 394 g/mol. The number of halogens is 1. The number of hydrogen-bond donors (Lipinski definition) is 1. The lowest BCUT2D eigenvalue weighted by atomic mass is 10.1. The predicted octanol–water partition coefficient (Wildman–Crippen LogP) is 4.94. The summed E-state index contributed by atoms with van der Waals surface area (Å²) in [5, 5.41) is 3.26. The molecule has 1 aliphatic rings. The summed E-state index contributed by atoms with van der Waals surface area (Å²) in [4.78, 5) is 31.6. The van der Waals surface area contributed by atoms with Crippen LogP contribution in [-0.2, 0) is 9.59 Å². The average Bonchev–Trinajstić information content (AvgIpc) is 2.66. The molecule has 1 fully saturated rings. The van der Waals surface area contributed by atoms with Gasteiger partial charge in [0.15, 0.2) is 5.17 Å². The van der Waals surface area contributed by atoms with E-state index in [4.69, 9.17) is 11.6 Å². The topological polar surface area (TPSA) is 61.8 Å². The Morgan fingerprint density at radius 2 is 2.00 bits per heavy atom. The van der Waals surface area contributed by atoms with Crippen LogP contribution in [0.25, 0.3) is 0 Å². The van der Waals surface area contributed by atoms with Gasteiger partial charge in [0, 0.05) is 13.0 Å². The molecule has 2 aromatic carbocycles. The second-order valence-corrected chi connectivity index (χ2v) is 8.16. The number of amides is 2. The van der Waals surface area contributed by atoms with Crippen molar-refractivity contribution in [1.82, 2.24) is 4.90 Å². The highest BCUT2D eigenvalue weighted by Gasteiger charge is 2.35. The Balaban J connectivity index is 1.84. The summed E-state index contributed by atoms with van der Waals surface area (Å²) in [5.74, 6) is -0.363. The first kappa shape index (κ1) is 20.4. The van der Waals surface area contributed by atoms with Crippen molar-refractivity contribution in [3.05, 3.63) is 58.6 Å². The largest absolute Gasteiger partial charge is 0.324 e. The predicted molar refractivity (Wildman–Crippen MR) is 116 cm³/mol. The van der Waals surface area contributed by atoms with Gasteiger partial charge in [0.2, 0.25) is 11.8 Å². The van der Waals surface area contributed by atoms with E-state index in [1.54, 1.807) is 29.2 Å². The van der Waals surface area contributed by atoms with Crippen molar-refractivity contribution in [2.24, 2.45) is 4.99 Å². The molecule has 2 aromatic rings. The first-order chi connectivity index (χ1) is 13.4. The van der Waals surface area contributed by atoms with Crippen LogP contribution < -0.4 is 5.32 Å². The fourth-order valence-electron chi connectivity index (χ4n) is 2.83. The molecule has 1 atom stereocenters. The van der Waals surface area contributed by atoms with Crippen molar-refractivity contribution in [1.29, 1.82) is 0 Å². The molecule has 0 radical (unpaired) electrons. The zero-order valence-corrected chi connectivity index (χ0v) is 17.6. The summed E-state index contributed by atoms with van der Waals surface area (Å²) in [6.45, 7) is 6.47. The molecule has 2 amide bonds. The van der Waals surface area contributed by atoms with Crippen LogP contribution in [0.15, 0.2) is 47.5 Å². The summed E-state index contributed by atoms with van der Waals surface area (Å²) in [6, 6.07) is 12.9. The molecule has 1 unspecified atom stereocenters. The average molecular weight is 416 g/mol. The van der Waals surface area contributed by atoms with Gasteiger partial charge < -0.3 is 5.32 Å². The number of nitrogens with zero attached hydrogens (tertiary/aromatic N) is 2. The summed E-state index contributed by atoms with van der Waals surface area (Å²) in [6.07, 6.45) is 0.126. The number of carbonyl (C=O) groups excluding carboxylic acids is 2. The Morgan fingerprint density at radius 1 is 1.25 bits per heavy atom. The van der Waals surface area contributed by atoms with Crippen molar-refractivity contribution < 1.29 is 9.59 Å². The zero-order chi connectivity index (χ0) is 20.3. The second-order valence-electron chi connectivity index (χ2n) is 6.58. The lowest BCUT2D eigenvalue weighted by molar-refractivity contribution is -0.129. The van der Waals surface area contributed by atoms with E-state index < -0.39 is 5.25 Å². The highest BCUT2D eigenvalue weighted by molar-refractivity contribution is 8.15. The molecule has 0 aliphatic carbocycles. The maximum Gasteiger partial charge on any atom is 0.238 e. The fourth-order valence-corrected chi connectivity index (χ4v) is 4.18. The van der Waals surface area contributed by atoms with E-state index in [1.807, 2.05) is 39.0 Å². The number of aliphatic imine (C=N–C) groups is 1. The van der Waals surface area contributed by atoms with Gasteiger partial charge in [-0.2, -0.15) is 0 Å². The van der Waals surface area contributed by atoms with Crippen molar-refractivity contribution in [3.63, 3.8) is 0 Å². The molecule has 0 aromatic heterocycles. The second kappa shape index (κ2) is 8.80. The lowest BCUT2D eigenvalue weighted by Crippen LogP contribution is -2.45. The number of para-hydroxylation sites is 1. The standard InChI is InChI=1S/C21H22ClN3O2S/c1-4-25-19(26)12-18(20(27)24-17-8-6-5-7-16(17)22)28-21(25)23-15-10-9-13(2)14(3)11-15/h5-11,18H,4,12H2,1-3H3,(H,24,27). The van der Waals surface area contributed by atoms with Gasteiger partial charge in [-0.15, -0.1) is 0 Å². The normalized spacial score (nSPS) is 18.4. The van der Waals surface area contributed by atoms with Gasteiger partial charge in [-0.25, -0.2) is 4.99 Å². The molecule has 0 saturated carbocycles. The molecule has 1 saturated heterocycles. The van der Waals surface area contributed by atoms with E-state index in [0.29, 0.717) is 22.4 Å².